The Hall–Kier alpha value is -3.03. The zero-order chi connectivity index (χ0) is 30.2. The van der Waals surface area contributed by atoms with Crippen LogP contribution in [0.1, 0.15) is 60.9 Å². The molecule has 7 nitrogen and oxygen atoms in total. The third kappa shape index (κ3) is 5.30. The lowest BCUT2D eigenvalue weighted by Gasteiger charge is -2.46. The number of hydrogen-bond acceptors (Lipinski definition) is 6. The first-order chi connectivity index (χ1) is 20.1. The minimum Gasteiger partial charge on any atom is -0.497 e. The van der Waals surface area contributed by atoms with E-state index in [2.05, 4.69) is 61.8 Å². The van der Waals surface area contributed by atoms with Crippen molar-refractivity contribution in [1.29, 1.82) is 0 Å². The largest absolute Gasteiger partial charge is 0.497 e. The van der Waals surface area contributed by atoms with Crippen molar-refractivity contribution < 1.29 is 23.7 Å². The molecule has 2 saturated heterocycles. The van der Waals surface area contributed by atoms with Gasteiger partial charge in [0.05, 0.1) is 39.4 Å². The molecule has 0 aromatic heterocycles. The second-order valence-corrected chi connectivity index (χ2v) is 12.8. The number of likely N-dealkylation sites (tertiary alicyclic amines) is 2. The fraction of sp³-hybridized carbons (Fsp3) is 0.571. The topological polar surface area (TPSA) is 60.5 Å². The summed E-state index contributed by atoms with van der Waals surface area (Å²) >= 11 is 0. The zero-order valence-electron chi connectivity index (χ0n) is 26.8. The number of nitrogens with zero attached hydrogens (tertiary/aromatic N) is 2. The molecular weight excluding hydrogens is 528 g/mol. The number of hydrogen-bond donors (Lipinski definition) is 0. The van der Waals surface area contributed by atoms with E-state index in [0.717, 1.165) is 62.6 Å². The minimum absolute atomic E-state index is 0.124. The lowest BCUT2D eigenvalue weighted by molar-refractivity contribution is -0.136. The Morgan fingerprint density at radius 1 is 0.929 bits per heavy atom. The maximum Gasteiger partial charge on any atom is 0.230 e. The van der Waals surface area contributed by atoms with Gasteiger partial charge >= 0.3 is 0 Å². The summed E-state index contributed by atoms with van der Waals surface area (Å²) in [5.74, 6) is 2.71. The predicted octanol–water partition coefficient (Wildman–Crippen LogP) is 5.62. The van der Waals surface area contributed by atoms with Gasteiger partial charge in [0.15, 0.2) is 0 Å². The number of methoxy groups -OCH3 is 4. The molecule has 5 rings (SSSR count). The zero-order valence-corrected chi connectivity index (χ0v) is 26.8. The van der Waals surface area contributed by atoms with Crippen molar-refractivity contribution in [2.45, 2.75) is 70.9 Å². The fourth-order valence-corrected chi connectivity index (χ4v) is 7.80. The van der Waals surface area contributed by atoms with E-state index >= 15 is 0 Å². The summed E-state index contributed by atoms with van der Waals surface area (Å²) in [6, 6.07) is 8.49. The molecule has 3 aliphatic rings. The SMILES string of the molecule is COCCN1C(=O)C2CCc3cc(OC)cc(OC)c3C(C)(C)/C=C\2C12CCN(Cc1cc(C)cc(OC)c1C)CC2. The van der Waals surface area contributed by atoms with Gasteiger partial charge in [-0.05, 0) is 79.5 Å². The van der Waals surface area contributed by atoms with Crippen molar-refractivity contribution in [1.82, 2.24) is 9.80 Å². The van der Waals surface area contributed by atoms with Crippen LogP contribution in [-0.4, -0.2) is 75.9 Å². The molecule has 2 fully saturated rings. The standard InChI is InChI=1S/C35H48N2O5/c1-23-17-26(24(2)30(18-23)41-7)22-36-13-11-35(12-14-36)29-21-34(3,4)32-25(19-27(40-6)20-31(32)42-8)9-10-28(29)33(38)37(35)15-16-39-5/h17-21,28H,9-16,22H2,1-8H3/b29-21+. The summed E-state index contributed by atoms with van der Waals surface area (Å²) in [6.07, 6.45) is 5.82. The van der Waals surface area contributed by atoms with Gasteiger partial charge in [0.1, 0.15) is 17.2 Å². The maximum atomic E-state index is 14.2. The molecule has 1 aliphatic carbocycles. The molecule has 1 unspecified atom stereocenters. The van der Waals surface area contributed by atoms with E-state index in [0.29, 0.717) is 13.2 Å². The summed E-state index contributed by atoms with van der Waals surface area (Å²) in [7, 11) is 6.88. The molecule has 1 amide bonds. The van der Waals surface area contributed by atoms with Crippen LogP contribution in [0.25, 0.3) is 0 Å². The normalized spacial score (nSPS) is 22.6. The van der Waals surface area contributed by atoms with E-state index in [1.165, 1.54) is 33.4 Å². The number of piperidine rings is 1. The summed E-state index contributed by atoms with van der Waals surface area (Å²) in [5.41, 5.74) is 6.79. The highest BCUT2D eigenvalue weighted by atomic mass is 16.5. The van der Waals surface area contributed by atoms with Gasteiger partial charge in [-0.2, -0.15) is 0 Å². The molecule has 1 spiro atoms. The van der Waals surface area contributed by atoms with Crippen LogP contribution in [0.5, 0.6) is 17.2 Å². The van der Waals surface area contributed by atoms with E-state index in [1.807, 2.05) is 6.07 Å². The van der Waals surface area contributed by atoms with Crippen molar-refractivity contribution >= 4 is 5.91 Å². The Bertz CT molecular complexity index is 1360. The van der Waals surface area contributed by atoms with Crippen LogP contribution in [-0.2, 0) is 27.9 Å². The molecule has 0 N–H and O–H groups in total. The highest BCUT2D eigenvalue weighted by Gasteiger charge is 2.56. The van der Waals surface area contributed by atoms with Gasteiger partial charge in [0.25, 0.3) is 0 Å². The maximum absolute atomic E-state index is 14.2. The summed E-state index contributed by atoms with van der Waals surface area (Å²) < 4.78 is 22.7. The Kier molecular flexibility index (Phi) is 8.64. The van der Waals surface area contributed by atoms with Crippen molar-refractivity contribution in [3.63, 3.8) is 0 Å². The molecule has 0 saturated carbocycles. The lowest BCUT2D eigenvalue weighted by Crippen LogP contribution is -2.54. The monoisotopic (exact) mass is 576 g/mol. The lowest BCUT2D eigenvalue weighted by atomic mass is 9.69. The number of aryl methyl sites for hydroxylation is 2. The van der Waals surface area contributed by atoms with Gasteiger partial charge < -0.3 is 23.8 Å². The number of rotatable bonds is 8. The predicted molar refractivity (Wildman–Crippen MR) is 166 cm³/mol. The van der Waals surface area contributed by atoms with Crippen molar-refractivity contribution in [2.75, 3.05) is 54.7 Å². The van der Waals surface area contributed by atoms with Crippen LogP contribution >= 0.6 is 0 Å². The van der Waals surface area contributed by atoms with E-state index < -0.39 is 0 Å². The molecule has 7 heteroatoms. The third-order valence-corrected chi connectivity index (χ3v) is 9.90. The Morgan fingerprint density at radius 2 is 1.64 bits per heavy atom. The first kappa shape index (κ1) is 30.4. The van der Waals surface area contributed by atoms with Gasteiger partial charge in [-0.3, -0.25) is 9.69 Å². The third-order valence-electron chi connectivity index (χ3n) is 9.90. The fourth-order valence-electron chi connectivity index (χ4n) is 7.80. The van der Waals surface area contributed by atoms with Gasteiger partial charge in [-0.25, -0.2) is 0 Å². The van der Waals surface area contributed by atoms with Gasteiger partial charge in [0.2, 0.25) is 5.91 Å². The Labute approximate surface area is 251 Å². The van der Waals surface area contributed by atoms with E-state index in [9.17, 15) is 4.79 Å². The highest BCUT2D eigenvalue weighted by Crippen LogP contribution is 2.52. The molecular formula is C35H48N2O5. The van der Waals surface area contributed by atoms with Crippen LogP contribution in [0.4, 0.5) is 0 Å². The molecule has 1 atom stereocenters. The molecule has 2 aromatic rings. The molecule has 2 heterocycles. The van der Waals surface area contributed by atoms with Gasteiger partial charge in [0, 0.05) is 50.3 Å². The molecule has 0 bridgehead atoms. The smallest absolute Gasteiger partial charge is 0.230 e. The van der Waals surface area contributed by atoms with E-state index in [4.69, 9.17) is 18.9 Å². The molecule has 2 aliphatic heterocycles. The number of carbonyl (C=O) groups is 1. The Morgan fingerprint density at radius 3 is 2.29 bits per heavy atom. The average Bonchev–Trinajstić information content (AvgIpc) is 3.16. The Balaban J connectivity index is 1.51. The minimum atomic E-state index is -0.322. The number of ether oxygens (including phenoxy) is 4. The second-order valence-electron chi connectivity index (χ2n) is 12.8. The average molecular weight is 577 g/mol. The van der Waals surface area contributed by atoms with Gasteiger partial charge in [-0.15, -0.1) is 0 Å². The summed E-state index contributed by atoms with van der Waals surface area (Å²) in [4.78, 5) is 18.9. The quantitative estimate of drug-likeness (QED) is 0.381. The first-order valence-electron chi connectivity index (χ1n) is 15.2. The number of allylic oxidation sites excluding steroid dienone is 1. The first-order valence-corrected chi connectivity index (χ1v) is 15.2. The number of amides is 1. The molecule has 42 heavy (non-hydrogen) atoms. The highest BCUT2D eigenvalue weighted by molar-refractivity contribution is 5.88. The number of fused-ring (bicyclic) bond motifs is 3. The number of benzene rings is 2. The molecule has 2 aromatic carbocycles. The van der Waals surface area contributed by atoms with Crippen LogP contribution in [0.15, 0.2) is 35.9 Å². The van der Waals surface area contributed by atoms with Crippen LogP contribution in [0.2, 0.25) is 0 Å². The summed E-state index contributed by atoms with van der Waals surface area (Å²) in [5, 5.41) is 0. The van der Waals surface area contributed by atoms with Crippen molar-refractivity contribution in [3.05, 3.63) is 63.7 Å². The van der Waals surface area contributed by atoms with Crippen molar-refractivity contribution in [3.8, 4) is 17.2 Å². The van der Waals surface area contributed by atoms with Crippen LogP contribution in [0.3, 0.4) is 0 Å². The van der Waals surface area contributed by atoms with E-state index in [-0.39, 0.29) is 22.8 Å². The van der Waals surface area contributed by atoms with E-state index in [1.54, 1.807) is 28.4 Å². The van der Waals surface area contributed by atoms with Crippen LogP contribution in [0, 0.1) is 19.8 Å². The van der Waals surface area contributed by atoms with Gasteiger partial charge in [-0.1, -0.05) is 26.0 Å². The molecule has 228 valence electrons. The molecule has 0 radical (unpaired) electrons. The number of carbonyl (C=O) groups excluding carboxylic acids is 1. The van der Waals surface area contributed by atoms with Crippen molar-refractivity contribution in [2.24, 2.45) is 5.92 Å². The van der Waals surface area contributed by atoms with Crippen LogP contribution < -0.4 is 14.2 Å². The second kappa shape index (κ2) is 11.9. The summed E-state index contributed by atoms with van der Waals surface area (Å²) in [6.45, 7) is 12.7.